The zero-order valence-corrected chi connectivity index (χ0v) is 24.0. The molecule has 0 spiro atoms. The molecule has 1 unspecified atom stereocenters. The van der Waals surface area contributed by atoms with E-state index < -0.39 is 17.7 Å². The molecule has 1 amide bonds. The van der Waals surface area contributed by atoms with Gasteiger partial charge in [0.05, 0.1) is 12.5 Å². The predicted molar refractivity (Wildman–Crippen MR) is 153 cm³/mol. The average molecular weight is 559 g/mol. The second-order valence-electron chi connectivity index (χ2n) is 9.92. The van der Waals surface area contributed by atoms with Crippen LogP contribution in [0.5, 0.6) is 5.75 Å². The number of ether oxygens (including phenoxy) is 3. The summed E-state index contributed by atoms with van der Waals surface area (Å²) in [5, 5.41) is 3.85. The molecule has 1 atom stereocenters. The Balaban J connectivity index is 1.68. The molecule has 0 N–H and O–H groups in total. The lowest BCUT2D eigenvalue weighted by atomic mass is 10.00. The van der Waals surface area contributed by atoms with Crippen molar-refractivity contribution < 1.29 is 28.6 Å². The van der Waals surface area contributed by atoms with Gasteiger partial charge in [-0.25, -0.2) is 4.79 Å². The first kappa shape index (κ1) is 30.6. The largest absolute Gasteiger partial charge is 0.491 e. The number of hydrogen-bond acceptors (Lipinski definition) is 7. The maximum absolute atomic E-state index is 13.2. The van der Waals surface area contributed by atoms with Crippen LogP contribution in [0.4, 0.5) is 4.79 Å². The van der Waals surface area contributed by atoms with Gasteiger partial charge in [-0.3, -0.25) is 9.63 Å². The van der Waals surface area contributed by atoms with Crippen LogP contribution in [-0.2, 0) is 14.3 Å². The normalized spacial score (nSPS) is 16.6. The summed E-state index contributed by atoms with van der Waals surface area (Å²) in [6, 6.07) is 14.7. The van der Waals surface area contributed by atoms with E-state index in [4.69, 9.17) is 30.6 Å². The molecule has 9 heteroatoms. The van der Waals surface area contributed by atoms with Crippen LogP contribution in [0.25, 0.3) is 11.1 Å². The second-order valence-corrected chi connectivity index (χ2v) is 10.2. The van der Waals surface area contributed by atoms with Gasteiger partial charge in [0, 0.05) is 18.7 Å². The van der Waals surface area contributed by atoms with E-state index in [0.29, 0.717) is 37.6 Å². The van der Waals surface area contributed by atoms with Crippen LogP contribution < -0.4 is 4.74 Å². The second kappa shape index (κ2) is 15.0. The number of carbonyl (C=O) groups excluding carboxylic acids is 2. The highest BCUT2D eigenvalue weighted by Crippen LogP contribution is 2.27. The highest BCUT2D eigenvalue weighted by atomic mass is 35.5. The summed E-state index contributed by atoms with van der Waals surface area (Å²) in [4.78, 5) is 32.5. The van der Waals surface area contributed by atoms with E-state index in [1.165, 1.54) is 0 Å². The summed E-state index contributed by atoms with van der Waals surface area (Å²) in [5.41, 5.74) is 2.06. The molecule has 0 aromatic heterocycles. The lowest BCUT2D eigenvalue weighted by molar-refractivity contribution is -0.141. The number of unbranched alkanes of at least 4 members (excludes halogenated alkanes) is 2. The molecule has 0 bridgehead atoms. The van der Waals surface area contributed by atoms with E-state index >= 15 is 0 Å². The van der Waals surface area contributed by atoms with Gasteiger partial charge in [0.25, 0.3) is 0 Å². The number of amides is 1. The van der Waals surface area contributed by atoms with Gasteiger partial charge in [-0.2, -0.15) is 0 Å². The SMILES string of the molecule is CCCCN(CCCC)C(=O)O/N=C(\CCl)C(=O)c1cccc(-c2cccc(OCC3COC(C)(C)O3)c2)c1. The van der Waals surface area contributed by atoms with Crippen LogP contribution in [-0.4, -0.2) is 66.6 Å². The molecule has 212 valence electrons. The molecule has 0 saturated carbocycles. The Morgan fingerprint density at radius 2 is 1.72 bits per heavy atom. The van der Waals surface area contributed by atoms with Crippen molar-refractivity contribution >= 4 is 29.2 Å². The van der Waals surface area contributed by atoms with E-state index in [1.807, 2.05) is 44.2 Å². The first-order valence-corrected chi connectivity index (χ1v) is 14.1. The van der Waals surface area contributed by atoms with Gasteiger partial charge in [0.2, 0.25) is 5.78 Å². The standard InChI is InChI=1S/C30H39ClN2O6/c1-5-7-15-33(16-8-6-2)29(35)39-32-27(19-31)28(34)24-13-9-11-22(17-24)23-12-10-14-25(18-23)36-20-26-21-37-30(3,4)38-26/h9-14,17-18,26H,5-8,15-16,19-21H2,1-4H3/b32-27+. The fourth-order valence-corrected chi connectivity index (χ4v) is 4.25. The van der Waals surface area contributed by atoms with Gasteiger partial charge in [-0.15, -0.1) is 11.6 Å². The average Bonchev–Trinajstić information content (AvgIpc) is 3.30. The van der Waals surface area contributed by atoms with Crippen molar-refractivity contribution in [3.05, 3.63) is 54.1 Å². The Labute approximate surface area is 236 Å². The molecule has 39 heavy (non-hydrogen) atoms. The van der Waals surface area contributed by atoms with Crippen molar-refractivity contribution in [2.24, 2.45) is 5.16 Å². The van der Waals surface area contributed by atoms with Crippen LogP contribution in [0, 0.1) is 0 Å². The third-order valence-electron chi connectivity index (χ3n) is 6.24. The van der Waals surface area contributed by atoms with Crippen LogP contribution >= 0.6 is 11.6 Å². The van der Waals surface area contributed by atoms with Gasteiger partial charge < -0.3 is 19.1 Å². The van der Waals surface area contributed by atoms with Gasteiger partial charge in [0.15, 0.2) is 5.79 Å². The minimum atomic E-state index is -0.601. The molecule has 8 nitrogen and oxygen atoms in total. The van der Waals surface area contributed by atoms with E-state index in [2.05, 4.69) is 19.0 Å². The molecule has 1 fully saturated rings. The van der Waals surface area contributed by atoms with Crippen molar-refractivity contribution in [1.82, 2.24) is 4.90 Å². The maximum Gasteiger partial charge on any atom is 0.435 e. The number of alkyl halides is 1. The molecule has 1 heterocycles. The minimum absolute atomic E-state index is 0.0353. The predicted octanol–water partition coefficient (Wildman–Crippen LogP) is 6.70. The Hall–Kier alpha value is -2.94. The molecule has 2 aromatic carbocycles. The molecule has 0 radical (unpaired) electrons. The number of nitrogens with zero attached hydrogens (tertiary/aromatic N) is 2. The quantitative estimate of drug-likeness (QED) is 0.0843. The fourth-order valence-electron chi connectivity index (χ4n) is 4.08. The fraction of sp³-hybridized carbons (Fsp3) is 0.500. The molecule has 3 rings (SSSR count). The third-order valence-corrected chi connectivity index (χ3v) is 6.49. The van der Waals surface area contributed by atoms with Crippen LogP contribution in [0.2, 0.25) is 0 Å². The number of benzene rings is 2. The zero-order valence-electron chi connectivity index (χ0n) is 23.3. The first-order valence-electron chi connectivity index (χ1n) is 13.5. The molecule has 0 aliphatic carbocycles. The molecule has 2 aromatic rings. The zero-order chi connectivity index (χ0) is 28.3. The van der Waals surface area contributed by atoms with Crippen molar-refractivity contribution in [3.8, 4) is 16.9 Å². The molecule has 1 aliphatic rings. The van der Waals surface area contributed by atoms with E-state index in [-0.39, 0.29) is 17.7 Å². The van der Waals surface area contributed by atoms with Crippen LogP contribution in [0.15, 0.2) is 53.7 Å². The highest BCUT2D eigenvalue weighted by molar-refractivity contribution is 6.53. The Bertz CT molecular complexity index is 1130. The maximum atomic E-state index is 13.2. The summed E-state index contributed by atoms with van der Waals surface area (Å²) >= 11 is 6.03. The van der Waals surface area contributed by atoms with Crippen molar-refractivity contribution in [1.29, 1.82) is 0 Å². The third kappa shape index (κ3) is 9.34. The molecule has 1 saturated heterocycles. The summed E-state index contributed by atoms with van der Waals surface area (Å²) in [6.45, 7) is 9.89. The number of oxime groups is 1. The van der Waals surface area contributed by atoms with Crippen molar-refractivity contribution in [2.75, 3.05) is 32.2 Å². The number of hydrogen-bond donors (Lipinski definition) is 0. The number of carbonyl (C=O) groups is 2. The molecule has 1 aliphatic heterocycles. The van der Waals surface area contributed by atoms with E-state index in [0.717, 1.165) is 36.8 Å². The highest BCUT2D eigenvalue weighted by Gasteiger charge is 2.33. The van der Waals surface area contributed by atoms with Crippen LogP contribution in [0.3, 0.4) is 0 Å². The van der Waals surface area contributed by atoms with Gasteiger partial charge >= 0.3 is 6.09 Å². The summed E-state index contributed by atoms with van der Waals surface area (Å²) < 4.78 is 17.3. The van der Waals surface area contributed by atoms with E-state index in [1.54, 1.807) is 23.1 Å². The van der Waals surface area contributed by atoms with Gasteiger partial charge in [-0.05, 0) is 56.0 Å². The topological polar surface area (TPSA) is 86.7 Å². The summed E-state index contributed by atoms with van der Waals surface area (Å²) in [5.74, 6) is -0.506. The molecular weight excluding hydrogens is 520 g/mol. The lowest BCUT2D eigenvalue weighted by Crippen LogP contribution is -2.33. The molecular formula is C30H39ClN2O6. The Morgan fingerprint density at radius 1 is 1.05 bits per heavy atom. The lowest BCUT2D eigenvalue weighted by Gasteiger charge is -2.19. The van der Waals surface area contributed by atoms with Gasteiger partial charge in [0.1, 0.15) is 24.2 Å². The number of halogens is 1. The van der Waals surface area contributed by atoms with Gasteiger partial charge in [-0.1, -0.05) is 62.2 Å². The number of ketones is 1. The number of rotatable bonds is 14. The van der Waals surface area contributed by atoms with E-state index in [9.17, 15) is 9.59 Å². The van der Waals surface area contributed by atoms with Crippen molar-refractivity contribution in [2.45, 2.75) is 65.3 Å². The minimum Gasteiger partial charge on any atom is -0.491 e. The Kier molecular flexibility index (Phi) is 11.8. The Morgan fingerprint density at radius 3 is 2.33 bits per heavy atom. The summed E-state index contributed by atoms with van der Waals surface area (Å²) in [6.07, 6.45) is 2.93. The summed E-state index contributed by atoms with van der Waals surface area (Å²) in [7, 11) is 0. The monoisotopic (exact) mass is 558 g/mol. The number of Topliss-reactive ketones (excluding diaryl/α,β-unsaturated/α-hetero) is 1. The smallest absolute Gasteiger partial charge is 0.435 e. The van der Waals surface area contributed by atoms with Crippen molar-refractivity contribution in [3.63, 3.8) is 0 Å². The van der Waals surface area contributed by atoms with Crippen LogP contribution in [0.1, 0.15) is 63.7 Å². The first-order chi connectivity index (χ1) is 18.8.